The summed E-state index contributed by atoms with van der Waals surface area (Å²) in [6, 6.07) is 1.83. The van der Waals surface area contributed by atoms with Crippen molar-refractivity contribution in [1.82, 2.24) is 20.0 Å². The van der Waals surface area contributed by atoms with Crippen molar-refractivity contribution in [2.75, 3.05) is 6.61 Å². The number of dihydropyridines is 1. The lowest BCUT2D eigenvalue weighted by Gasteiger charge is -2.25. The molecule has 0 bridgehead atoms. The summed E-state index contributed by atoms with van der Waals surface area (Å²) in [5, 5.41) is 19.8. The van der Waals surface area contributed by atoms with Crippen molar-refractivity contribution in [1.29, 1.82) is 5.26 Å². The Labute approximate surface area is 165 Å². The summed E-state index contributed by atoms with van der Waals surface area (Å²) in [4.78, 5) is 18.3. The second-order valence-electron chi connectivity index (χ2n) is 6.82. The fraction of sp³-hybridized carbons (Fsp3) is 0.316. The monoisotopic (exact) mass is 392 g/mol. The lowest BCUT2D eigenvalue weighted by Crippen LogP contribution is -2.30. The molecule has 0 fully saturated rings. The first-order valence-corrected chi connectivity index (χ1v) is 9.88. The lowest BCUT2D eigenvalue weighted by atomic mass is 9.89. The number of hydrogen-bond donors (Lipinski definition) is 1. The van der Waals surface area contributed by atoms with Gasteiger partial charge in [0.25, 0.3) is 5.91 Å². The van der Waals surface area contributed by atoms with Crippen LogP contribution in [0.2, 0.25) is 0 Å². The van der Waals surface area contributed by atoms with Crippen LogP contribution in [0.25, 0.3) is 4.91 Å². The van der Waals surface area contributed by atoms with Crippen molar-refractivity contribution in [3.63, 3.8) is 0 Å². The van der Waals surface area contributed by atoms with Gasteiger partial charge in [0.15, 0.2) is 0 Å². The van der Waals surface area contributed by atoms with E-state index in [1.165, 1.54) is 18.0 Å². The van der Waals surface area contributed by atoms with Crippen LogP contribution in [0.5, 0.6) is 0 Å². The number of nitrogens with zero attached hydrogens (tertiary/aromatic N) is 5. The van der Waals surface area contributed by atoms with Gasteiger partial charge in [-0.2, -0.15) is 15.5 Å². The van der Waals surface area contributed by atoms with Crippen LogP contribution in [0.1, 0.15) is 36.9 Å². The average molecular weight is 392 g/mol. The Morgan fingerprint density at radius 2 is 2.36 bits per heavy atom. The zero-order chi connectivity index (χ0) is 19.3. The number of thioether (sulfide) groups is 1. The van der Waals surface area contributed by atoms with E-state index < -0.39 is 0 Å². The molecule has 0 radical (unpaired) electrons. The lowest BCUT2D eigenvalue weighted by molar-refractivity contribution is -0.116. The molecule has 2 aromatic heterocycles. The normalized spacial score (nSPS) is 22.4. The number of allylic oxidation sites excluding steroid dienone is 2. The first kappa shape index (κ1) is 17.0. The van der Waals surface area contributed by atoms with Crippen LogP contribution < -0.4 is 0 Å². The third-order valence-corrected chi connectivity index (χ3v) is 6.47. The van der Waals surface area contributed by atoms with Crippen LogP contribution >= 0.6 is 11.8 Å². The van der Waals surface area contributed by atoms with Crippen molar-refractivity contribution in [3.8, 4) is 6.07 Å². The van der Waals surface area contributed by atoms with Crippen LogP contribution in [-0.4, -0.2) is 43.5 Å². The quantitative estimate of drug-likeness (QED) is 0.860. The summed E-state index contributed by atoms with van der Waals surface area (Å²) >= 11 is 1.48. The van der Waals surface area contributed by atoms with Gasteiger partial charge in [0.1, 0.15) is 17.1 Å². The number of amides is 1. The van der Waals surface area contributed by atoms with Crippen LogP contribution in [-0.2, 0) is 9.53 Å². The van der Waals surface area contributed by atoms with Crippen LogP contribution in [0.3, 0.4) is 0 Å². The molecule has 3 aliphatic heterocycles. The smallest absolute Gasteiger partial charge is 0.264 e. The fourth-order valence-electron chi connectivity index (χ4n) is 3.81. The van der Waals surface area contributed by atoms with Crippen molar-refractivity contribution in [2.45, 2.75) is 31.1 Å². The zero-order valence-electron chi connectivity index (χ0n) is 15.0. The first-order valence-electron chi connectivity index (χ1n) is 9.00. The summed E-state index contributed by atoms with van der Waals surface area (Å²) in [6.07, 6.45) is 8.39. The van der Waals surface area contributed by atoms with Gasteiger partial charge in [-0.3, -0.25) is 14.6 Å². The Bertz CT molecular complexity index is 1100. The first-order chi connectivity index (χ1) is 13.7. The number of carbonyl (C=O) groups excluding carboxylic acids is 1. The van der Waals surface area contributed by atoms with E-state index in [2.05, 4.69) is 26.4 Å². The molecule has 9 heteroatoms. The van der Waals surface area contributed by atoms with Crippen molar-refractivity contribution >= 4 is 28.3 Å². The molecule has 0 saturated carbocycles. The van der Waals surface area contributed by atoms with E-state index in [1.807, 2.05) is 13.1 Å². The van der Waals surface area contributed by atoms with Gasteiger partial charge in [-0.15, -0.1) is 11.8 Å². The minimum Gasteiger partial charge on any atom is -0.492 e. The Balaban J connectivity index is 1.63. The Morgan fingerprint density at radius 1 is 1.46 bits per heavy atom. The van der Waals surface area contributed by atoms with Crippen LogP contribution in [0, 0.1) is 11.3 Å². The number of nitriles is 1. The maximum Gasteiger partial charge on any atom is 0.264 e. The van der Waals surface area contributed by atoms with Gasteiger partial charge in [0.05, 0.1) is 41.2 Å². The van der Waals surface area contributed by atoms with E-state index in [9.17, 15) is 4.79 Å². The van der Waals surface area contributed by atoms with Crippen molar-refractivity contribution in [2.24, 2.45) is 4.99 Å². The Morgan fingerprint density at radius 3 is 3.11 bits per heavy atom. The topological polar surface area (TPSA) is 109 Å². The van der Waals surface area contributed by atoms with Gasteiger partial charge in [-0.25, -0.2) is 4.99 Å². The molecule has 0 aromatic carbocycles. The fourth-order valence-corrected chi connectivity index (χ4v) is 5.09. The zero-order valence-corrected chi connectivity index (χ0v) is 15.9. The molecular weight excluding hydrogens is 376 g/mol. The Hall–Kier alpha value is -3.12. The highest BCUT2D eigenvalue weighted by Gasteiger charge is 2.44. The molecular formula is C19H16N6O2S. The molecule has 0 saturated heterocycles. The minimum absolute atomic E-state index is 0.181. The van der Waals surface area contributed by atoms with E-state index in [4.69, 9.17) is 10.00 Å². The van der Waals surface area contributed by atoms with E-state index >= 15 is 0 Å². The minimum atomic E-state index is -0.378. The predicted molar refractivity (Wildman–Crippen MR) is 103 cm³/mol. The van der Waals surface area contributed by atoms with E-state index in [-0.39, 0.29) is 17.2 Å². The largest absolute Gasteiger partial charge is 0.492 e. The number of ether oxygens (including phenoxy) is 1. The highest BCUT2D eigenvalue weighted by molar-refractivity contribution is 8.10. The van der Waals surface area contributed by atoms with E-state index in [0.29, 0.717) is 17.9 Å². The maximum absolute atomic E-state index is 12.9. The van der Waals surface area contributed by atoms with Gasteiger partial charge in [0, 0.05) is 23.5 Å². The summed E-state index contributed by atoms with van der Waals surface area (Å²) in [5.41, 5.74) is 4.10. The summed E-state index contributed by atoms with van der Waals surface area (Å²) in [6.45, 7) is 2.54. The number of aromatic nitrogens is 4. The number of aromatic amines is 1. The molecule has 1 amide bonds. The molecule has 3 aliphatic rings. The second kappa shape index (κ2) is 6.49. The van der Waals surface area contributed by atoms with Crippen molar-refractivity contribution < 1.29 is 9.53 Å². The molecule has 0 aliphatic carbocycles. The molecule has 2 aromatic rings. The van der Waals surface area contributed by atoms with Gasteiger partial charge >= 0.3 is 0 Å². The molecule has 1 N–H and O–H groups in total. The SMILES string of the molecule is C[C@@H](C1=NC(=O)C2SC(c3cn[nH]c3)=C3OCCCC1=C32)n1cc(C#N)cn1. The molecule has 1 unspecified atom stereocenters. The number of hydrogen-bond acceptors (Lipinski definition) is 6. The van der Waals surface area contributed by atoms with E-state index in [0.717, 1.165) is 40.2 Å². The Kier molecular flexibility index (Phi) is 3.94. The highest BCUT2D eigenvalue weighted by Crippen LogP contribution is 2.52. The second-order valence-corrected chi connectivity index (χ2v) is 7.93. The summed E-state index contributed by atoms with van der Waals surface area (Å²) < 4.78 is 7.78. The molecule has 5 heterocycles. The van der Waals surface area contributed by atoms with Crippen LogP contribution in [0.4, 0.5) is 0 Å². The average Bonchev–Trinajstić information content (AvgIpc) is 3.42. The van der Waals surface area contributed by atoms with Crippen molar-refractivity contribution in [3.05, 3.63) is 52.8 Å². The number of carbonyl (C=O) groups is 1. The number of aliphatic imine (C=N–C) groups is 1. The number of nitrogens with one attached hydrogen (secondary N) is 1. The third kappa shape index (κ3) is 2.52. The van der Waals surface area contributed by atoms with Gasteiger partial charge < -0.3 is 4.74 Å². The molecule has 8 nitrogen and oxygen atoms in total. The molecule has 28 heavy (non-hydrogen) atoms. The van der Waals surface area contributed by atoms with Crippen LogP contribution in [0.15, 0.2) is 46.7 Å². The molecule has 140 valence electrons. The number of rotatable bonds is 3. The highest BCUT2D eigenvalue weighted by atomic mass is 32.2. The third-order valence-electron chi connectivity index (χ3n) is 5.14. The molecule has 5 rings (SSSR count). The summed E-state index contributed by atoms with van der Waals surface area (Å²) in [7, 11) is 0. The van der Waals surface area contributed by atoms with E-state index in [1.54, 1.807) is 17.1 Å². The molecule has 0 spiro atoms. The standard InChI is InChI=1S/C19H16N6O2S/c1-10(25-9-11(5-20)6-23-25)15-13-3-2-4-27-16-14(13)18(19(26)24-15)28-17(16)12-7-21-22-8-12/h6-10,18H,2-4H2,1H3,(H,21,22)/t10-,18?/m0/s1. The van der Waals surface area contributed by atoms with Gasteiger partial charge in [-0.1, -0.05) is 0 Å². The maximum atomic E-state index is 12.9. The molecule has 2 atom stereocenters. The number of H-pyrrole nitrogens is 1. The van der Waals surface area contributed by atoms with Gasteiger partial charge in [-0.05, 0) is 25.3 Å². The predicted octanol–water partition coefficient (Wildman–Crippen LogP) is 2.61. The summed E-state index contributed by atoms with van der Waals surface area (Å²) in [5.74, 6) is 0.592. The van der Waals surface area contributed by atoms with Gasteiger partial charge in [0.2, 0.25) is 0 Å².